The van der Waals surface area contributed by atoms with E-state index in [1.165, 1.54) is 128 Å². The molecule has 0 aliphatic rings. The zero-order valence-corrected chi connectivity index (χ0v) is 31.0. The molecule has 0 aliphatic carbocycles. The van der Waals surface area contributed by atoms with E-state index in [-0.39, 0.29) is 0 Å². The summed E-state index contributed by atoms with van der Waals surface area (Å²) in [5, 5.41) is 19.1. The predicted octanol–water partition coefficient (Wildman–Crippen LogP) is 12.1. The summed E-state index contributed by atoms with van der Waals surface area (Å²) in [4.78, 5) is 26.0. The number of carbonyl (C=O) groups excluding carboxylic acids is 2. The lowest BCUT2D eigenvalue weighted by Gasteiger charge is -2.32. The molecule has 5 nitrogen and oxygen atoms in total. The van der Waals surface area contributed by atoms with Crippen molar-refractivity contribution in [2.45, 2.75) is 226 Å². The number of esters is 2. The van der Waals surface area contributed by atoms with Crippen molar-refractivity contribution < 1.29 is 24.5 Å². The van der Waals surface area contributed by atoms with Gasteiger partial charge >= 0.3 is 11.9 Å². The fraction of sp³-hybridized carbons (Fsp3) is 0.902. The first kappa shape index (κ1) is 44.8. The Morgan fingerprint density at radius 3 is 1.15 bits per heavy atom. The molecule has 0 fully saturated rings. The maximum atomic E-state index is 13.7. The molecule has 0 aromatic carbocycles. The van der Waals surface area contributed by atoms with Gasteiger partial charge in [0.25, 0.3) is 0 Å². The summed E-state index contributed by atoms with van der Waals surface area (Å²) in [5.41, 5.74) is -0.688. The standard InChI is InChI=1S/C41H78O5/c1-4-7-10-13-16-18-20-21-22-23-25-27-30-33-36-41(34-31-28-15-12-9-6-3,40(45)46-39(44)38(43)37-42)35-32-29-26-24-19-17-14-11-8-5-2/h21-22,38,42-43H,4-20,23-37H2,1-3H3/b22-21-. The molecular weight excluding hydrogens is 572 g/mol. The molecule has 0 saturated carbocycles. The Bertz CT molecular complexity index is 705. The third-order valence-electron chi connectivity index (χ3n) is 9.76. The van der Waals surface area contributed by atoms with Crippen LogP contribution in [-0.2, 0) is 14.3 Å². The molecule has 5 heteroatoms. The van der Waals surface area contributed by atoms with Crippen molar-refractivity contribution in [3.8, 4) is 0 Å². The summed E-state index contributed by atoms with van der Waals surface area (Å²) in [6, 6.07) is 0. The first-order chi connectivity index (χ1) is 22.5. The van der Waals surface area contributed by atoms with Gasteiger partial charge in [-0.15, -0.1) is 0 Å². The van der Waals surface area contributed by atoms with Crippen molar-refractivity contribution in [3.05, 3.63) is 12.2 Å². The van der Waals surface area contributed by atoms with Crippen molar-refractivity contribution >= 4 is 11.9 Å². The molecule has 2 atom stereocenters. The van der Waals surface area contributed by atoms with Gasteiger partial charge in [-0.2, -0.15) is 0 Å². The van der Waals surface area contributed by atoms with E-state index in [2.05, 4.69) is 32.9 Å². The molecule has 272 valence electrons. The molecule has 0 aromatic rings. The highest BCUT2D eigenvalue weighted by Gasteiger charge is 2.40. The number of aliphatic hydroxyl groups is 2. The molecular formula is C41H78O5. The molecule has 0 heterocycles. The van der Waals surface area contributed by atoms with Crippen LogP contribution in [0.2, 0.25) is 0 Å². The van der Waals surface area contributed by atoms with Crippen molar-refractivity contribution in [3.63, 3.8) is 0 Å². The third-order valence-corrected chi connectivity index (χ3v) is 9.76. The monoisotopic (exact) mass is 651 g/mol. The fourth-order valence-corrected chi connectivity index (χ4v) is 6.58. The summed E-state index contributed by atoms with van der Waals surface area (Å²) in [6.45, 7) is 6.00. The highest BCUT2D eigenvalue weighted by atomic mass is 16.6. The topological polar surface area (TPSA) is 83.8 Å². The Labute approximate surface area is 286 Å². The molecule has 0 aliphatic heterocycles. The number of carbonyl (C=O) groups is 2. The fourth-order valence-electron chi connectivity index (χ4n) is 6.58. The maximum Gasteiger partial charge on any atom is 0.345 e. The van der Waals surface area contributed by atoms with Gasteiger partial charge in [-0.05, 0) is 44.9 Å². The van der Waals surface area contributed by atoms with Gasteiger partial charge in [0, 0.05) is 0 Å². The van der Waals surface area contributed by atoms with E-state index >= 15 is 0 Å². The molecule has 46 heavy (non-hydrogen) atoms. The van der Waals surface area contributed by atoms with Gasteiger partial charge in [0.15, 0.2) is 6.10 Å². The van der Waals surface area contributed by atoms with Crippen LogP contribution in [0.3, 0.4) is 0 Å². The SMILES string of the molecule is CCCCCCCC/C=C\CCCCCCC(CCCCCCCC)(CCCCCCCCCCCC)C(=O)OC(=O)C(O)CO. The average molecular weight is 651 g/mol. The number of aliphatic hydroxyl groups excluding tert-OH is 2. The highest BCUT2D eigenvalue weighted by molar-refractivity contribution is 5.90. The average Bonchev–Trinajstić information content (AvgIpc) is 3.06. The molecule has 0 bridgehead atoms. The van der Waals surface area contributed by atoms with Gasteiger partial charge in [-0.1, -0.05) is 187 Å². The molecule has 0 radical (unpaired) electrons. The number of unbranched alkanes of at least 4 members (excludes halogenated alkanes) is 24. The van der Waals surface area contributed by atoms with E-state index in [0.29, 0.717) is 0 Å². The zero-order chi connectivity index (χ0) is 34.0. The molecule has 0 aromatic heterocycles. The minimum absolute atomic E-state index is 0.480. The quantitative estimate of drug-likeness (QED) is 0.0308. The lowest BCUT2D eigenvalue weighted by atomic mass is 9.74. The van der Waals surface area contributed by atoms with E-state index in [0.717, 1.165) is 70.6 Å². The Kier molecular flexibility index (Phi) is 32.8. The second-order valence-corrected chi connectivity index (χ2v) is 14.1. The Balaban J connectivity index is 4.99. The zero-order valence-electron chi connectivity index (χ0n) is 31.0. The van der Waals surface area contributed by atoms with Crippen LogP contribution < -0.4 is 0 Å². The minimum Gasteiger partial charge on any atom is -0.393 e. The summed E-state index contributed by atoms with van der Waals surface area (Å²) < 4.78 is 5.28. The van der Waals surface area contributed by atoms with Crippen molar-refractivity contribution in [1.29, 1.82) is 0 Å². The molecule has 0 rings (SSSR count). The van der Waals surface area contributed by atoms with Crippen LogP contribution in [-0.4, -0.2) is 34.9 Å². The van der Waals surface area contributed by atoms with Crippen LogP contribution in [0, 0.1) is 5.41 Å². The van der Waals surface area contributed by atoms with E-state index < -0.39 is 30.1 Å². The van der Waals surface area contributed by atoms with Crippen molar-refractivity contribution in [2.24, 2.45) is 5.41 Å². The van der Waals surface area contributed by atoms with Gasteiger partial charge in [-0.25, -0.2) is 4.79 Å². The van der Waals surface area contributed by atoms with Crippen LogP contribution in [0.5, 0.6) is 0 Å². The first-order valence-electron chi connectivity index (χ1n) is 20.2. The van der Waals surface area contributed by atoms with Crippen LogP contribution in [0.25, 0.3) is 0 Å². The van der Waals surface area contributed by atoms with Gasteiger partial charge in [0.2, 0.25) is 0 Å². The second kappa shape index (κ2) is 33.7. The summed E-state index contributed by atoms with van der Waals surface area (Å²) in [6.07, 6.45) is 39.2. The molecule has 2 unspecified atom stereocenters. The lowest BCUT2D eigenvalue weighted by Crippen LogP contribution is -2.38. The van der Waals surface area contributed by atoms with Gasteiger partial charge in [0.1, 0.15) is 0 Å². The smallest absolute Gasteiger partial charge is 0.345 e. The maximum absolute atomic E-state index is 13.7. The summed E-state index contributed by atoms with van der Waals surface area (Å²) in [5.74, 6) is -1.50. The van der Waals surface area contributed by atoms with E-state index in [9.17, 15) is 19.8 Å². The number of ether oxygens (including phenoxy) is 1. The number of hydrogen-bond acceptors (Lipinski definition) is 5. The summed E-state index contributed by atoms with van der Waals surface area (Å²) in [7, 11) is 0. The van der Waals surface area contributed by atoms with E-state index in [1.54, 1.807) is 0 Å². The van der Waals surface area contributed by atoms with Crippen LogP contribution in [0.4, 0.5) is 0 Å². The number of hydrogen-bond donors (Lipinski definition) is 2. The largest absolute Gasteiger partial charge is 0.393 e. The predicted molar refractivity (Wildman–Crippen MR) is 196 cm³/mol. The van der Waals surface area contributed by atoms with Crippen LogP contribution >= 0.6 is 0 Å². The molecule has 0 saturated heterocycles. The third kappa shape index (κ3) is 25.8. The number of allylic oxidation sites excluding steroid dienone is 2. The van der Waals surface area contributed by atoms with Gasteiger partial charge < -0.3 is 14.9 Å². The molecule has 0 amide bonds. The Hall–Kier alpha value is -1.20. The Morgan fingerprint density at radius 2 is 0.826 bits per heavy atom. The number of rotatable bonds is 35. The second-order valence-electron chi connectivity index (χ2n) is 14.1. The van der Waals surface area contributed by atoms with E-state index in [4.69, 9.17) is 4.74 Å². The van der Waals surface area contributed by atoms with Gasteiger partial charge in [0.05, 0.1) is 12.0 Å². The van der Waals surface area contributed by atoms with Crippen molar-refractivity contribution in [2.75, 3.05) is 6.61 Å². The normalized spacial score (nSPS) is 13.7. The molecule has 2 N–H and O–H groups in total. The Morgan fingerprint density at radius 1 is 0.522 bits per heavy atom. The van der Waals surface area contributed by atoms with Gasteiger partial charge in [-0.3, -0.25) is 4.79 Å². The minimum atomic E-state index is -1.66. The van der Waals surface area contributed by atoms with E-state index in [1.807, 2.05) is 0 Å². The molecule has 0 spiro atoms. The van der Waals surface area contributed by atoms with Crippen LogP contribution in [0.1, 0.15) is 220 Å². The van der Waals surface area contributed by atoms with Crippen molar-refractivity contribution in [1.82, 2.24) is 0 Å². The lowest BCUT2D eigenvalue weighted by molar-refractivity contribution is -0.175. The highest BCUT2D eigenvalue weighted by Crippen LogP contribution is 2.39. The first-order valence-corrected chi connectivity index (χ1v) is 20.2. The summed E-state index contributed by atoms with van der Waals surface area (Å²) >= 11 is 0. The van der Waals surface area contributed by atoms with Crippen LogP contribution in [0.15, 0.2) is 12.2 Å².